The Kier molecular flexibility index (Phi) is 5.71. The molecule has 0 atom stereocenters. The molecule has 1 heterocycles. The van der Waals surface area contributed by atoms with Crippen molar-refractivity contribution in [2.24, 2.45) is 0 Å². The van der Waals surface area contributed by atoms with E-state index in [-0.39, 0.29) is 18.2 Å². The maximum Gasteiger partial charge on any atom is 0.315 e. The van der Waals surface area contributed by atoms with Crippen molar-refractivity contribution in [2.45, 2.75) is 57.8 Å². The van der Waals surface area contributed by atoms with E-state index < -0.39 is 0 Å². The third kappa shape index (κ3) is 5.06. The summed E-state index contributed by atoms with van der Waals surface area (Å²) in [5.41, 5.74) is 2.26. The summed E-state index contributed by atoms with van der Waals surface area (Å²) < 4.78 is 2.09. The van der Waals surface area contributed by atoms with Gasteiger partial charge in [-0.25, -0.2) is 9.78 Å². The molecular weight excluding hydrogens is 316 g/mol. The van der Waals surface area contributed by atoms with Crippen molar-refractivity contribution in [3.05, 3.63) is 53.6 Å². The van der Waals surface area contributed by atoms with Gasteiger partial charge in [-0.1, -0.05) is 24.3 Å². The zero-order valence-electron chi connectivity index (χ0n) is 14.6. The second-order valence-electron chi connectivity index (χ2n) is 6.75. The molecule has 0 radical (unpaired) electrons. The van der Waals surface area contributed by atoms with Crippen molar-refractivity contribution in [2.75, 3.05) is 0 Å². The Morgan fingerprint density at radius 1 is 1.28 bits per heavy atom. The molecule has 6 nitrogen and oxygen atoms in total. The fraction of sp³-hybridized carbons (Fsp3) is 0.474. The third-order valence-corrected chi connectivity index (χ3v) is 4.75. The van der Waals surface area contributed by atoms with Crippen LogP contribution >= 0.6 is 0 Å². The van der Waals surface area contributed by atoms with E-state index in [0.29, 0.717) is 6.54 Å². The van der Waals surface area contributed by atoms with Gasteiger partial charge in [0.05, 0.1) is 6.10 Å². The van der Waals surface area contributed by atoms with Gasteiger partial charge in [-0.05, 0) is 43.7 Å². The third-order valence-electron chi connectivity index (χ3n) is 4.75. The number of nitrogens with zero attached hydrogens (tertiary/aromatic N) is 2. The smallest absolute Gasteiger partial charge is 0.315 e. The first kappa shape index (κ1) is 17.5. The number of aliphatic hydroxyl groups is 1. The molecule has 1 aromatic heterocycles. The first-order valence-corrected chi connectivity index (χ1v) is 8.88. The monoisotopic (exact) mass is 342 g/mol. The van der Waals surface area contributed by atoms with Crippen LogP contribution in [0.5, 0.6) is 0 Å². The van der Waals surface area contributed by atoms with Gasteiger partial charge < -0.3 is 20.3 Å². The highest BCUT2D eigenvalue weighted by atomic mass is 16.3. The summed E-state index contributed by atoms with van der Waals surface area (Å²) in [7, 11) is 0. The van der Waals surface area contributed by atoms with E-state index in [1.807, 2.05) is 25.3 Å². The molecule has 6 heteroatoms. The molecule has 3 rings (SSSR count). The maximum atomic E-state index is 12.1. The summed E-state index contributed by atoms with van der Waals surface area (Å²) in [6, 6.07) is 8.24. The van der Waals surface area contributed by atoms with Crippen LogP contribution in [0.3, 0.4) is 0 Å². The molecule has 25 heavy (non-hydrogen) atoms. The number of amides is 2. The molecule has 1 aliphatic carbocycles. The lowest BCUT2D eigenvalue weighted by atomic mass is 9.93. The van der Waals surface area contributed by atoms with E-state index >= 15 is 0 Å². The lowest BCUT2D eigenvalue weighted by Gasteiger charge is -2.26. The Labute approximate surface area is 148 Å². The quantitative estimate of drug-likeness (QED) is 0.780. The summed E-state index contributed by atoms with van der Waals surface area (Å²) in [6.07, 6.45) is 6.77. The summed E-state index contributed by atoms with van der Waals surface area (Å²) >= 11 is 0. The Hall–Kier alpha value is -2.34. The number of nitrogens with one attached hydrogen (secondary N) is 2. The van der Waals surface area contributed by atoms with Gasteiger partial charge in [0, 0.05) is 31.5 Å². The van der Waals surface area contributed by atoms with Gasteiger partial charge in [0.2, 0.25) is 0 Å². The van der Waals surface area contributed by atoms with Gasteiger partial charge in [-0.2, -0.15) is 0 Å². The van der Waals surface area contributed by atoms with Gasteiger partial charge in [-0.3, -0.25) is 0 Å². The van der Waals surface area contributed by atoms with Crippen molar-refractivity contribution < 1.29 is 9.90 Å². The first-order valence-electron chi connectivity index (χ1n) is 8.88. The minimum atomic E-state index is -0.206. The molecule has 0 bridgehead atoms. The summed E-state index contributed by atoms with van der Waals surface area (Å²) in [5, 5.41) is 15.4. The molecule has 3 N–H and O–H groups in total. The molecule has 134 valence electrons. The molecular formula is C19H26N4O2. The van der Waals surface area contributed by atoms with Crippen molar-refractivity contribution in [3.8, 4) is 0 Å². The summed E-state index contributed by atoms with van der Waals surface area (Å²) in [6.45, 7) is 3.26. The van der Waals surface area contributed by atoms with Crippen LogP contribution in [-0.4, -0.2) is 32.8 Å². The number of urea groups is 1. The van der Waals surface area contributed by atoms with Crippen molar-refractivity contribution in [1.82, 2.24) is 20.2 Å². The highest BCUT2D eigenvalue weighted by molar-refractivity contribution is 5.74. The van der Waals surface area contributed by atoms with E-state index in [9.17, 15) is 9.90 Å². The molecule has 0 spiro atoms. The average molecular weight is 342 g/mol. The highest BCUT2D eigenvalue weighted by Crippen LogP contribution is 2.18. The Morgan fingerprint density at radius 2 is 2.04 bits per heavy atom. The van der Waals surface area contributed by atoms with Gasteiger partial charge >= 0.3 is 6.03 Å². The van der Waals surface area contributed by atoms with Crippen LogP contribution in [0.15, 0.2) is 36.7 Å². The summed E-state index contributed by atoms with van der Waals surface area (Å²) in [5.74, 6) is 0.987. The second kappa shape index (κ2) is 8.16. The average Bonchev–Trinajstić information content (AvgIpc) is 3.00. The number of hydrogen-bond acceptors (Lipinski definition) is 3. The maximum absolute atomic E-state index is 12.1. The van der Waals surface area contributed by atoms with Crippen LogP contribution < -0.4 is 10.6 Å². The number of benzene rings is 1. The number of imidazole rings is 1. The fourth-order valence-corrected chi connectivity index (χ4v) is 3.24. The minimum absolute atomic E-state index is 0.141. The Bertz CT molecular complexity index is 705. The van der Waals surface area contributed by atoms with Gasteiger partial charge in [-0.15, -0.1) is 0 Å². The van der Waals surface area contributed by atoms with Crippen LogP contribution in [0, 0.1) is 6.92 Å². The standard InChI is InChI=1S/C19H26N4O2/c1-14-20-9-10-23(14)13-16-4-2-3-15(11-16)12-21-19(25)22-17-5-7-18(24)8-6-17/h2-4,9-11,17-18,24H,5-8,12-13H2,1H3,(H2,21,22,25). The molecule has 0 unspecified atom stereocenters. The van der Waals surface area contributed by atoms with Crippen molar-refractivity contribution in [3.63, 3.8) is 0 Å². The Balaban J connectivity index is 1.48. The lowest BCUT2D eigenvalue weighted by Crippen LogP contribution is -2.43. The summed E-state index contributed by atoms with van der Waals surface area (Å²) in [4.78, 5) is 16.3. The molecule has 1 aromatic carbocycles. The lowest BCUT2D eigenvalue weighted by molar-refractivity contribution is 0.117. The van der Waals surface area contributed by atoms with E-state index in [2.05, 4.69) is 32.3 Å². The number of aryl methyl sites for hydroxylation is 1. The molecule has 1 fully saturated rings. The van der Waals surface area contributed by atoms with Crippen LogP contribution in [0.1, 0.15) is 42.6 Å². The minimum Gasteiger partial charge on any atom is -0.393 e. The van der Waals surface area contributed by atoms with Crippen LogP contribution in [0.25, 0.3) is 0 Å². The van der Waals surface area contributed by atoms with E-state index in [0.717, 1.165) is 43.6 Å². The number of rotatable bonds is 5. The number of carbonyl (C=O) groups is 1. The molecule has 0 saturated heterocycles. The van der Waals surface area contributed by atoms with Crippen LogP contribution in [-0.2, 0) is 13.1 Å². The number of aliphatic hydroxyl groups excluding tert-OH is 1. The first-order chi connectivity index (χ1) is 12.1. The number of aromatic nitrogens is 2. The molecule has 2 aromatic rings. The SMILES string of the molecule is Cc1nccn1Cc1cccc(CNC(=O)NC2CCC(O)CC2)c1. The normalized spacial score (nSPS) is 20.2. The Morgan fingerprint density at radius 3 is 2.76 bits per heavy atom. The zero-order valence-corrected chi connectivity index (χ0v) is 14.6. The predicted molar refractivity (Wildman–Crippen MR) is 96.1 cm³/mol. The second-order valence-corrected chi connectivity index (χ2v) is 6.75. The van der Waals surface area contributed by atoms with Crippen LogP contribution in [0.4, 0.5) is 4.79 Å². The van der Waals surface area contributed by atoms with Crippen molar-refractivity contribution in [1.29, 1.82) is 0 Å². The molecule has 0 aliphatic heterocycles. The molecule has 2 amide bonds. The highest BCUT2D eigenvalue weighted by Gasteiger charge is 2.20. The molecule has 1 aliphatic rings. The van der Waals surface area contributed by atoms with Gasteiger partial charge in [0.15, 0.2) is 0 Å². The van der Waals surface area contributed by atoms with Gasteiger partial charge in [0.25, 0.3) is 0 Å². The zero-order chi connectivity index (χ0) is 17.6. The predicted octanol–water partition coefficient (Wildman–Crippen LogP) is 2.34. The topological polar surface area (TPSA) is 79.2 Å². The number of hydrogen-bond donors (Lipinski definition) is 3. The van der Waals surface area contributed by atoms with E-state index in [1.54, 1.807) is 6.20 Å². The fourth-order valence-electron chi connectivity index (χ4n) is 3.24. The van der Waals surface area contributed by atoms with Crippen LogP contribution in [0.2, 0.25) is 0 Å². The largest absolute Gasteiger partial charge is 0.393 e. The molecule has 1 saturated carbocycles. The number of carbonyl (C=O) groups excluding carboxylic acids is 1. The van der Waals surface area contributed by atoms with E-state index in [1.165, 1.54) is 5.56 Å². The van der Waals surface area contributed by atoms with E-state index in [4.69, 9.17) is 0 Å². The van der Waals surface area contributed by atoms with Crippen molar-refractivity contribution >= 4 is 6.03 Å². The van der Waals surface area contributed by atoms with Gasteiger partial charge in [0.1, 0.15) is 5.82 Å².